The normalized spacial score (nSPS) is 13.0. The average Bonchev–Trinajstić information content (AvgIpc) is 2.29. The summed E-state index contributed by atoms with van der Waals surface area (Å²) in [6, 6.07) is 7.11. The number of hydrogen-bond donors (Lipinski definition) is 0. The second-order valence-electron chi connectivity index (χ2n) is 2.87. The Kier molecular flexibility index (Phi) is 2.58. The summed E-state index contributed by atoms with van der Waals surface area (Å²) >= 11 is 0. The minimum absolute atomic E-state index is 0.0653. The van der Waals surface area contributed by atoms with Crippen LogP contribution in [0.3, 0.4) is 0 Å². The Labute approximate surface area is 87.1 Å². The number of hydrogen-bond acceptors (Lipinski definition) is 4. The van der Waals surface area contributed by atoms with E-state index < -0.39 is 5.97 Å². The fraction of sp³-hybridized carbons (Fsp3) is 0.182. The molecule has 0 bridgehead atoms. The molecule has 0 radical (unpaired) electrons. The molecule has 0 aromatic heterocycles. The van der Waals surface area contributed by atoms with Gasteiger partial charge in [-0.3, -0.25) is 0 Å². The van der Waals surface area contributed by atoms with E-state index in [1.165, 1.54) is 6.26 Å². The van der Waals surface area contributed by atoms with Gasteiger partial charge in [-0.1, -0.05) is 12.1 Å². The van der Waals surface area contributed by atoms with Gasteiger partial charge in [0.15, 0.2) is 11.5 Å². The Bertz CT molecular complexity index is 409. The Morgan fingerprint density at radius 3 is 2.80 bits per heavy atom. The van der Waals surface area contributed by atoms with E-state index in [1.54, 1.807) is 25.1 Å². The summed E-state index contributed by atoms with van der Waals surface area (Å²) in [6.07, 6.45) is 1.25. The highest BCUT2D eigenvalue weighted by atomic mass is 16.6. The lowest BCUT2D eigenvalue weighted by atomic mass is 10.3. The van der Waals surface area contributed by atoms with E-state index in [0.29, 0.717) is 18.1 Å². The van der Waals surface area contributed by atoms with Crippen molar-refractivity contribution < 1.29 is 19.0 Å². The van der Waals surface area contributed by atoms with E-state index in [9.17, 15) is 4.79 Å². The molecule has 1 heterocycles. The standard InChI is InChI=1S/C11H10O4/c1-2-13-11(12)10-7-14-8-5-3-4-6-9(8)15-10/h3-7H,2H2,1H3. The number of rotatable bonds is 2. The van der Waals surface area contributed by atoms with E-state index in [-0.39, 0.29) is 5.76 Å². The number of fused-ring (bicyclic) bond motifs is 1. The lowest BCUT2D eigenvalue weighted by Crippen LogP contribution is -2.16. The quantitative estimate of drug-likeness (QED) is 0.693. The van der Waals surface area contributed by atoms with Gasteiger partial charge in [-0.2, -0.15) is 0 Å². The maximum absolute atomic E-state index is 11.3. The SMILES string of the molecule is CCOC(=O)C1=COc2ccccc2O1. The van der Waals surface area contributed by atoms with E-state index in [1.807, 2.05) is 6.07 Å². The van der Waals surface area contributed by atoms with Gasteiger partial charge >= 0.3 is 5.97 Å². The lowest BCUT2D eigenvalue weighted by molar-refractivity contribution is -0.141. The molecule has 15 heavy (non-hydrogen) atoms. The molecule has 2 rings (SSSR count). The Balaban J connectivity index is 2.16. The number of ether oxygens (including phenoxy) is 3. The second-order valence-corrected chi connectivity index (χ2v) is 2.87. The molecule has 4 nitrogen and oxygen atoms in total. The first-order chi connectivity index (χ1) is 7.31. The fourth-order valence-electron chi connectivity index (χ4n) is 1.18. The summed E-state index contributed by atoms with van der Waals surface area (Å²) < 4.78 is 15.3. The van der Waals surface area contributed by atoms with Gasteiger partial charge in [0, 0.05) is 0 Å². The maximum Gasteiger partial charge on any atom is 0.377 e. The summed E-state index contributed by atoms with van der Waals surface area (Å²) in [7, 11) is 0. The molecule has 0 atom stereocenters. The van der Waals surface area contributed by atoms with Gasteiger partial charge in [0.25, 0.3) is 0 Å². The molecule has 78 valence electrons. The van der Waals surface area contributed by atoms with Crippen LogP contribution in [-0.2, 0) is 9.53 Å². The summed E-state index contributed by atoms with van der Waals surface area (Å²) in [5.74, 6) is 0.649. The van der Waals surface area contributed by atoms with Crippen molar-refractivity contribution in [3.05, 3.63) is 36.3 Å². The van der Waals surface area contributed by atoms with Gasteiger partial charge in [-0.25, -0.2) is 4.79 Å². The third-order valence-electron chi connectivity index (χ3n) is 1.84. The summed E-state index contributed by atoms with van der Waals surface area (Å²) in [5, 5.41) is 0. The molecule has 0 saturated heterocycles. The average molecular weight is 206 g/mol. The van der Waals surface area contributed by atoms with Gasteiger partial charge in [0.1, 0.15) is 6.26 Å². The van der Waals surface area contributed by atoms with Gasteiger partial charge in [-0.05, 0) is 19.1 Å². The molecule has 0 spiro atoms. The highest BCUT2D eigenvalue weighted by Gasteiger charge is 2.20. The third-order valence-corrected chi connectivity index (χ3v) is 1.84. The maximum atomic E-state index is 11.3. The number of carbonyl (C=O) groups excluding carboxylic acids is 1. The van der Waals surface area contributed by atoms with Crippen molar-refractivity contribution >= 4 is 5.97 Å². The summed E-state index contributed by atoms with van der Waals surface area (Å²) in [4.78, 5) is 11.3. The number of carbonyl (C=O) groups is 1. The molecular weight excluding hydrogens is 196 g/mol. The van der Waals surface area contributed by atoms with Crippen molar-refractivity contribution in [2.24, 2.45) is 0 Å². The van der Waals surface area contributed by atoms with Gasteiger partial charge in [-0.15, -0.1) is 0 Å². The van der Waals surface area contributed by atoms with Crippen molar-refractivity contribution in [3.8, 4) is 11.5 Å². The molecule has 0 fully saturated rings. The molecule has 0 unspecified atom stereocenters. The monoisotopic (exact) mass is 206 g/mol. The van der Waals surface area contributed by atoms with E-state index in [4.69, 9.17) is 14.2 Å². The van der Waals surface area contributed by atoms with Crippen molar-refractivity contribution in [2.45, 2.75) is 6.92 Å². The molecule has 0 amide bonds. The van der Waals surface area contributed by atoms with E-state index in [0.717, 1.165) is 0 Å². The van der Waals surface area contributed by atoms with Gasteiger partial charge in [0.05, 0.1) is 6.61 Å². The Hall–Kier alpha value is -1.97. The summed E-state index contributed by atoms with van der Waals surface area (Å²) in [6.45, 7) is 2.04. The fourth-order valence-corrected chi connectivity index (χ4v) is 1.18. The summed E-state index contributed by atoms with van der Waals surface area (Å²) in [5.41, 5.74) is 0. The third kappa shape index (κ3) is 1.93. The van der Waals surface area contributed by atoms with Crippen LogP contribution in [0.2, 0.25) is 0 Å². The molecule has 1 aromatic rings. The number of para-hydroxylation sites is 2. The van der Waals surface area contributed by atoms with E-state index in [2.05, 4.69) is 0 Å². The van der Waals surface area contributed by atoms with Crippen molar-refractivity contribution in [1.82, 2.24) is 0 Å². The first-order valence-corrected chi connectivity index (χ1v) is 4.62. The first kappa shape index (κ1) is 9.58. The Morgan fingerprint density at radius 2 is 2.07 bits per heavy atom. The largest absolute Gasteiger partial charge is 0.460 e. The Morgan fingerprint density at radius 1 is 1.33 bits per heavy atom. The van der Waals surface area contributed by atoms with Crippen LogP contribution < -0.4 is 9.47 Å². The first-order valence-electron chi connectivity index (χ1n) is 4.62. The molecule has 0 N–H and O–H groups in total. The topological polar surface area (TPSA) is 44.8 Å². The molecule has 1 aromatic carbocycles. The van der Waals surface area contributed by atoms with Crippen LogP contribution in [-0.4, -0.2) is 12.6 Å². The van der Waals surface area contributed by atoms with Crippen LogP contribution in [0.15, 0.2) is 36.3 Å². The highest BCUT2D eigenvalue weighted by molar-refractivity contribution is 5.87. The smallest absolute Gasteiger partial charge is 0.377 e. The van der Waals surface area contributed by atoms with Crippen molar-refractivity contribution in [1.29, 1.82) is 0 Å². The molecule has 4 heteroatoms. The zero-order valence-corrected chi connectivity index (χ0v) is 8.23. The van der Waals surface area contributed by atoms with Crippen LogP contribution >= 0.6 is 0 Å². The van der Waals surface area contributed by atoms with Crippen LogP contribution in [0, 0.1) is 0 Å². The predicted molar refractivity (Wildman–Crippen MR) is 52.4 cm³/mol. The molecule has 0 aliphatic carbocycles. The highest BCUT2D eigenvalue weighted by Crippen LogP contribution is 2.31. The van der Waals surface area contributed by atoms with Crippen LogP contribution in [0.1, 0.15) is 6.92 Å². The van der Waals surface area contributed by atoms with Crippen molar-refractivity contribution in [3.63, 3.8) is 0 Å². The van der Waals surface area contributed by atoms with E-state index >= 15 is 0 Å². The van der Waals surface area contributed by atoms with Gasteiger partial charge < -0.3 is 14.2 Å². The minimum atomic E-state index is -0.521. The molecular formula is C11H10O4. The predicted octanol–water partition coefficient (Wildman–Crippen LogP) is 1.86. The lowest BCUT2D eigenvalue weighted by Gasteiger charge is -2.16. The minimum Gasteiger partial charge on any atom is -0.460 e. The zero-order valence-electron chi connectivity index (χ0n) is 8.23. The van der Waals surface area contributed by atoms with Crippen LogP contribution in [0.25, 0.3) is 0 Å². The van der Waals surface area contributed by atoms with Crippen molar-refractivity contribution in [2.75, 3.05) is 6.61 Å². The van der Waals surface area contributed by atoms with Crippen LogP contribution in [0.5, 0.6) is 11.5 Å². The van der Waals surface area contributed by atoms with Gasteiger partial charge in [0.2, 0.25) is 5.76 Å². The molecule has 1 aliphatic heterocycles. The number of benzene rings is 1. The molecule has 0 saturated carbocycles. The number of esters is 1. The zero-order chi connectivity index (χ0) is 10.7. The second kappa shape index (κ2) is 4.04. The molecule has 1 aliphatic rings. The van der Waals surface area contributed by atoms with Crippen LogP contribution in [0.4, 0.5) is 0 Å².